The van der Waals surface area contributed by atoms with E-state index in [4.69, 9.17) is 10.1 Å². The molecule has 0 aliphatic rings. The van der Waals surface area contributed by atoms with Crippen LogP contribution in [-0.2, 0) is 19.1 Å². The van der Waals surface area contributed by atoms with E-state index in [-0.39, 0.29) is 25.0 Å². The molecule has 1 N–H and O–H groups in total. The van der Waals surface area contributed by atoms with Crippen molar-refractivity contribution in [2.24, 2.45) is 0 Å². The van der Waals surface area contributed by atoms with Crippen LogP contribution in [0.1, 0.15) is 27.2 Å². The zero-order valence-electron chi connectivity index (χ0n) is 9.97. The van der Waals surface area contributed by atoms with Crippen molar-refractivity contribution in [1.29, 1.82) is 5.41 Å². The maximum Gasteiger partial charge on any atom is 0.315 e. The molecule has 0 fully saturated rings. The largest absolute Gasteiger partial charge is 0.478 e. The van der Waals surface area contributed by atoms with Gasteiger partial charge in [-0.1, -0.05) is 0 Å². The highest BCUT2D eigenvalue weighted by Crippen LogP contribution is 1.98. The molecule has 1 unspecified atom stereocenters. The lowest BCUT2D eigenvalue weighted by Gasteiger charge is -2.12. The van der Waals surface area contributed by atoms with Gasteiger partial charge in [-0.2, -0.15) is 0 Å². The molecule has 98 valence electrons. The van der Waals surface area contributed by atoms with Crippen LogP contribution in [0.2, 0.25) is 0 Å². The van der Waals surface area contributed by atoms with Gasteiger partial charge >= 0.3 is 5.97 Å². The van der Waals surface area contributed by atoms with Crippen LogP contribution in [-0.4, -0.2) is 35.8 Å². The number of nitrogens with one attached hydrogen (secondary N) is 1. The summed E-state index contributed by atoms with van der Waals surface area (Å²) in [6.45, 7) is 4.61. The van der Waals surface area contributed by atoms with Crippen LogP contribution in [0, 0.1) is 15.5 Å². The normalized spacial score (nSPS) is 11.8. The molecule has 0 amide bonds. The van der Waals surface area contributed by atoms with Crippen molar-refractivity contribution in [3.8, 4) is 0 Å². The summed E-state index contributed by atoms with van der Waals surface area (Å²) in [5, 5.41) is 16.3. The Morgan fingerprint density at radius 2 is 2.00 bits per heavy atom. The Kier molecular flexibility index (Phi) is 6.61. The lowest BCUT2D eigenvalue weighted by molar-refractivity contribution is -0.767. The summed E-state index contributed by atoms with van der Waals surface area (Å²) in [6, 6.07) is 0. The van der Waals surface area contributed by atoms with Crippen LogP contribution in [0.4, 0.5) is 0 Å². The van der Waals surface area contributed by atoms with Gasteiger partial charge in [0, 0.05) is 0 Å². The maximum atomic E-state index is 11.2. The Balaban J connectivity index is 3.79. The molecule has 0 heterocycles. The molecular formula is C9H16N2O6. The molecule has 0 aromatic heterocycles. The highest BCUT2D eigenvalue weighted by Gasteiger charge is 2.13. The summed E-state index contributed by atoms with van der Waals surface area (Å²) < 4.78 is 9.60. The van der Waals surface area contributed by atoms with Crippen molar-refractivity contribution in [3.05, 3.63) is 10.1 Å². The number of rotatable bonds is 7. The SMILES string of the molecule is CC(C)OC(=N)CC(=O)OCC(C)O[N+](=O)[O-]. The smallest absolute Gasteiger partial charge is 0.315 e. The topological polar surface area (TPSA) is 112 Å². The number of hydrogen-bond donors (Lipinski definition) is 1. The number of nitrogens with zero attached hydrogens (tertiary/aromatic N) is 1. The van der Waals surface area contributed by atoms with Crippen LogP contribution in [0.25, 0.3) is 0 Å². The summed E-state index contributed by atoms with van der Waals surface area (Å²) in [7, 11) is 0. The van der Waals surface area contributed by atoms with Gasteiger partial charge in [-0.15, -0.1) is 10.1 Å². The molecule has 17 heavy (non-hydrogen) atoms. The van der Waals surface area contributed by atoms with Crippen LogP contribution < -0.4 is 0 Å². The molecular weight excluding hydrogens is 232 g/mol. The summed E-state index contributed by atoms with van der Waals surface area (Å²) >= 11 is 0. The highest BCUT2D eigenvalue weighted by molar-refractivity contribution is 5.92. The minimum Gasteiger partial charge on any atom is -0.478 e. The predicted molar refractivity (Wildman–Crippen MR) is 57.1 cm³/mol. The Hall–Kier alpha value is -1.86. The molecule has 1 atom stereocenters. The second kappa shape index (κ2) is 7.42. The van der Waals surface area contributed by atoms with Gasteiger partial charge < -0.3 is 14.3 Å². The number of carbonyl (C=O) groups excluding carboxylic acids is 1. The van der Waals surface area contributed by atoms with Crippen molar-refractivity contribution in [1.82, 2.24) is 0 Å². The van der Waals surface area contributed by atoms with E-state index in [1.807, 2.05) is 0 Å². The van der Waals surface area contributed by atoms with Gasteiger partial charge in [0.2, 0.25) is 0 Å². The van der Waals surface area contributed by atoms with E-state index in [1.54, 1.807) is 13.8 Å². The highest BCUT2D eigenvalue weighted by atomic mass is 17.0. The van der Waals surface area contributed by atoms with Crippen LogP contribution in [0.3, 0.4) is 0 Å². The van der Waals surface area contributed by atoms with Gasteiger partial charge in [0.05, 0.1) is 6.10 Å². The zero-order chi connectivity index (χ0) is 13.4. The molecule has 0 saturated carbocycles. The summed E-state index contributed by atoms with van der Waals surface area (Å²) in [5.41, 5.74) is 0. The zero-order valence-corrected chi connectivity index (χ0v) is 9.97. The Morgan fingerprint density at radius 3 is 2.47 bits per heavy atom. The number of hydrogen-bond acceptors (Lipinski definition) is 7. The molecule has 8 nitrogen and oxygen atoms in total. The third kappa shape index (κ3) is 9.09. The van der Waals surface area contributed by atoms with Gasteiger partial charge in [0.1, 0.15) is 19.1 Å². The van der Waals surface area contributed by atoms with Gasteiger partial charge in [0.15, 0.2) is 5.90 Å². The van der Waals surface area contributed by atoms with Gasteiger partial charge in [-0.3, -0.25) is 10.2 Å². The number of ether oxygens (including phenoxy) is 2. The molecule has 0 rings (SSSR count). The van der Waals surface area contributed by atoms with E-state index in [0.717, 1.165) is 0 Å². The van der Waals surface area contributed by atoms with Crippen LogP contribution >= 0.6 is 0 Å². The third-order valence-electron chi connectivity index (χ3n) is 1.43. The molecule has 0 bridgehead atoms. The maximum absolute atomic E-state index is 11.2. The lowest BCUT2D eigenvalue weighted by Crippen LogP contribution is -2.23. The standard InChI is InChI=1S/C9H16N2O6/c1-6(2)16-8(10)4-9(12)15-5-7(3)17-11(13)14/h6-7,10H,4-5H2,1-3H3. The van der Waals surface area contributed by atoms with E-state index in [1.165, 1.54) is 6.92 Å². The van der Waals surface area contributed by atoms with Crippen molar-refractivity contribution >= 4 is 11.9 Å². The van der Waals surface area contributed by atoms with E-state index in [9.17, 15) is 14.9 Å². The molecule has 0 radical (unpaired) electrons. The van der Waals surface area contributed by atoms with Gasteiger partial charge in [0.25, 0.3) is 5.09 Å². The second-order valence-corrected chi connectivity index (χ2v) is 3.59. The van der Waals surface area contributed by atoms with E-state index < -0.39 is 17.2 Å². The lowest BCUT2D eigenvalue weighted by atomic mass is 10.4. The van der Waals surface area contributed by atoms with E-state index in [2.05, 4.69) is 9.57 Å². The first-order chi connectivity index (χ1) is 7.81. The van der Waals surface area contributed by atoms with Crippen LogP contribution in [0.5, 0.6) is 0 Å². The minimum absolute atomic E-state index is 0.188. The van der Waals surface area contributed by atoms with Crippen LogP contribution in [0.15, 0.2) is 0 Å². The van der Waals surface area contributed by atoms with Crippen molar-refractivity contribution in [2.45, 2.75) is 39.4 Å². The fourth-order valence-corrected chi connectivity index (χ4v) is 0.896. The molecule has 0 saturated heterocycles. The molecule has 0 aliphatic heterocycles. The quantitative estimate of drug-likeness (QED) is 0.236. The monoisotopic (exact) mass is 248 g/mol. The summed E-state index contributed by atoms with van der Waals surface area (Å²) in [4.78, 5) is 25.2. The van der Waals surface area contributed by atoms with Crippen molar-refractivity contribution in [3.63, 3.8) is 0 Å². The molecule has 0 aliphatic carbocycles. The van der Waals surface area contributed by atoms with Gasteiger partial charge in [-0.25, -0.2) is 0 Å². The summed E-state index contributed by atoms with van der Waals surface area (Å²) in [5.74, 6) is -0.887. The molecule has 8 heteroatoms. The van der Waals surface area contributed by atoms with Gasteiger partial charge in [-0.05, 0) is 20.8 Å². The third-order valence-corrected chi connectivity index (χ3v) is 1.43. The fourth-order valence-electron chi connectivity index (χ4n) is 0.896. The first-order valence-electron chi connectivity index (χ1n) is 5.02. The molecule has 0 aromatic carbocycles. The summed E-state index contributed by atoms with van der Waals surface area (Å²) in [6.07, 6.45) is -1.33. The average Bonchev–Trinajstić information content (AvgIpc) is 2.12. The second-order valence-electron chi connectivity index (χ2n) is 3.59. The van der Waals surface area contributed by atoms with Crippen molar-refractivity contribution in [2.75, 3.05) is 6.61 Å². The number of carbonyl (C=O) groups is 1. The fraction of sp³-hybridized carbons (Fsp3) is 0.778. The Morgan fingerprint density at radius 1 is 1.41 bits per heavy atom. The minimum atomic E-state index is -0.956. The van der Waals surface area contributed by atoms with Crippen molar-refractivity contribution < 1.29 is 24.2 Å². The molecule has 0 aromatic rings. The first kappa shape index (κ1) is 15.1. The van der Waals surface area contributed by atoms with E-state index in [0.29, 0.717) is 0 Å². The first-order valence-corrected chi connectivity index (χ1v) is 5.02. The molecule has 0 spiro atoms. The predicted octanol–water partition coefficient (Wildman–Crippen LogP) is 0.919. The Bertz CT molecular complexity index is 291. The average molecular weight is 248 g/mol. The van der Waals surface area contributed by atoms with E-state index >= 15 is 0 Å². The Labute approximate surface area is 98.5 Å². The number of esters is 1.